The number of carboxylic acids is 1. The van der Waals surface area contributed by atoms with E-state index in [-0.39, 0.29) is 18.8 Å². The maximum absolute atomic E-state index is 11.1. The topological polar surface area (TPSA) is 95.9 Å². The van der Waals surface area contributed by atoms with Gasteiger partial charge in [0.2, 0.25) is 0 Å². The first-order valence-electron chi connectivity index (χ1n) is 4.51. The van der Waals surface area contributed by atoms with E-state index in [0.29, 0.717) is 5.69 Å². The first-order valence-corrected chi connectivity index (χ1v) is 4.51. The van der Waals surface area contributed by atoms with Gasteiger partial charge in [-0.2, -0.15) is 0 Å². The van der Waals surface area contributed by atoms with Crippen molar-refractivity contribution in [1.82, 2.24) is 0 Å². The van der Waals surface area contributed by atoms with Gasteiger partial charge in [-0.25, -0.2) is 9.59 Å². The molecule has 0 bridgehead atoms. The van der Waals surface area contributed by atoms with Crippen molar-refractivity contribution in [2.24, 2.45) is 0 Å². The van der Waals surface area contributed by atoms with E-state index in [4.69, 9.17) is 10.2 Å². The number of rotatable bonds is 4. The van der Waals surface area contributed by atoms with Crippen LogP contribution in [0.25, 0.3) is 0 Å². The van der Waals surface area contributed by atoms with Gasteiger partial charge in [0, 0.05) is 5.69 Å². The molecule has 3 N–H and O–H groups in total. The number of aromatic carboxylic acids is 1. The number of hydrogen-bond acceptors (Lipinski definition) is 4. The summed E-state index contributed by atoms with van der Waals surface area (Å²) in [6.45, 7) is -0.368. The number of carbonyl (C=O) groups excluding carboxylic acids is 1. The normalized spacial score (nSPS) is 9.56. The summed E-state index contributed by atoms with van der Waals surface area (Å²) in [5, 5.41) is 19.5. The second-order valence-electron chi connectivity index (χ2n) is 2.87. The lowest BCUT2D eigenvalue weighted by Gasteiger charge is -2.06. The molecule has 0 aliphatic carbocycles. The van der Waals surface area contributed by atoms with E-state index >= 15 is 0 Å². The molecule has 6 nitrogen and oxygen atoms in total. The zero-order chi connectivity index (χ0) is 12.0. The monoisotopic (exact) mass is 225 g/mol. The number of aliphatic hydroxyl groups is 1. The quantitative estimate of drug-likeness (QED) is 0.708. The fourth-order valence-electron chi connectivity index (χ4n) is 1.02. The SMILES string of the molecule is O=C(Nc1cccc(C(=O)O)c1)OCCO. The Kier molecular flexibility index (Phi) is 4.28. The number of amides is 1. The highest BCUT2D eigenvalue weighted by atomic mass is 16.6. The van der Waals surface area contributed by atoms with E-state index in [1.54, 1.807) is 0 Å². The largest absolute Gasteiger partial charge is 0.478 e. The van der Waals surface area contributed by atoms with Crippen molar-refractivity contribution >= 4 is 17.7 Å². The lowest BCUT2D eigenvalue weighted by Crippen LogP contribution is -2.16. The van der Waals surface area contributed by atoms with Crippen molar-refractivity contribution < 1.29 is 24.5 Å². The Morgan fingerprint density at radius 2 is 2.12 bits per heavy atom. The van der Waals surface area contributed by atoms with Crippen molar-refractivity contribution in [3.05, 3.63) is 29.8 Å². The Labute approximate surface area is 91.5 Å². The number of anilines is 1. The molecule has 0 aliphatic heterocycles. The molecular weight excluding hydrogens is 214 g/mol. The van der Waals surface area contributed by atoms with Crippen LogP contribution in [0.5, 0.6) is 0 Å². The van der Waals surface area contributed by atoms with Crippen LogP contribution in [-0.2, 0) is 4.74 Å². The number of nitrogens with one attached hydrogen (secondary N) is 1. The van der Waals surface area contributed by atoms with E-state index in [1.807, 2.05) is 0 Å². The van der Waals surface area contributed by atoms with E-state index in [9.17, 15) is 9.59 Å². The molecule has 1 aromatic carbocycles. The van der Waals surface area contributed by atoms with Crippen molar-refractivity contribution in [3.63, 3.8) is 0 Å². The lowest BCUT2D eigenvalue weighted by molar-refractivity contribution is 0.0697. The molecule has 1 amide bonds. The number of benzene rings is 1. The van der Waals surface area contributed by atoms with Crippen LogP contribution in [0.15, 0.2) is 24.3 Å². The maximum atomic E-state index is 11.1. The van der Waals surface area contributed by atoms with E-state index in [1.165, 1.54) is 24.3 Å². The van der Waals surface area contributed by atoms with Crippen LogP contribution in [0, 0.1) is 0 Å². The van der Waals surface area contributed by atoms with Gasteiger partial charge in [-0.1, -0.05) is 6.07 Å². The van der Waals surface area contributed by atoms with Crippen molar-refractivity contribution in [2.75, 3.05) is 18.5 Å². The highest BCUT2D eigenvalue weighted by molar-refractivity contribution is 5.91. The molecule has 86 valence electrons. The van der Waals surface area contributed by atoms with Gasteiger partial charge in [0.15, 0.2) is 0 Å². The van der Waals surface area contributed by atoms with Crippen molar-refractivity contribution in [1.29, 1.82) is 0 Å². The second kappa shape index (κ2) is 5.72. The van der Waals surface area contributed by atoms with Crippen LogP contribution in [0.1, 0.15) is 10.4 Å². The van der Waals surface area contributed by atoms with Gasteiger partial charge in [0.1, 0.15) is 6.61 Å². The first-order chi connectivity index (χ1) is 7.63. The summed E-state index contributed by atoms with van der Waals surface area (Å²) in [6, 6.07) is 5.76. The molecule has 0 spiro atoms. The predicted molar refractivity (Wildman–Crippen MR) is 55.5 cm³/mol. The van der Waals surface area contributed by atoms with E-state index < -0.39 is 12.1 Å². The minimum Gasteiger partial charge on any atom is -0.478 e. The van der Waals surface area contributed by atoms with Crippen LogP contribution in [0.4, 0.5) is 10.5 Å². The zero-order valence-corrected chi connectivity index (χ0v) is 8.34. The number of ether oxygens (including phenoxy) is 1. The molecule has 0 fully saturated rings. The van der Waals surface area contributed by atoms with Crippen molar-refractivity contribution in [2.45, 2.75) is 0 Å². The molecule has 0 saturated heterocycles. The molecule has 0 unspecified atom stereocenters. The summed E-state index contributed by atoms with van der Waals surface area (Å²) >= 11 is 0. The third-order valence-corrected chi connectivity index (χ3v) is 1.68. The molecule has 0 aromatic heterocycles. The summed E-state index contributed by atoms with van der Waals surface area (Å²) in [6.07, 6.45) is -0.739. The number of hydrogen-bond donors (Lipinski definition) is 3. The summed E-state index contributed by atoms with van der Waals surface area (Å²) in [5.74, 6) is -1.08. The Bertz CT molecular complexity index is 391. The Morgan fingerprint density at radius 1 is 1.38 bits per heavy atom. The lowest BCUT2D eigenvalue weighted by atomic mass is 10.2. The molecule has 0 aliphatic rings. The molecule has 1 aromatic rings. The van der Waals surface area contributed by atoms with Gasteiger partial charge in [-0.3, -0.25) is 5.32 Å². The number of carbonyl (C=O) groups is 2. The molecule has 0 radical (unpaired) electrons. The van der Waals surface area contributed by atoms with Crippen LogP contribution in [-0.4, -0.2) is 35.5 Å². The Morgan fingerprint density at radius 3 is 2.75 bits per heavy atom. The third kappa shape index (κ3) is 3.58. The fourth-order valence-corrected chi connectivity index (χ4v) is 1.02. The Hall–Kier alpha value is -2.08. The van der Waals surface area contributed by atoms with Gasteiger partial charge in [-0.05, 0) is 18.2 Å². The van der Waals surface area contributed by atoms with Gasteiger partial charge >= 0.3 is 12.1 Å². The number of aliphatic hydroxyl groups excluding tert-OH is 1. The van der Waals surface area contributed by atoms with Gasteiger partial charge in [0.05, 0.1) is 12.2 Å². The maximum Gasteiger partial charge on any atom is 0.411 e. The van der Waals surface area contributed by atoms with Crippen molar-refractivity contribution in [3.8, 4) is 0 Å². The second-order valence-corrected chi connectivity index (χ2v) is 2.87. The molecule has 0 atom stereocenters. The summed E-state index contributed by atoms with van der Waals surface area (Å²) < 4.78 is 4.55. The van der Waals surface area contributed by atoms with Crippen LogP contribution in [0.3, 0.4) is 0 Å². The van der Waals surface area contributed by atoms with Crippen LogP contribution in [0.2, 0.25) is 0 Å². The molecule has 0 saturated carbocycles. The first kappa shape index (κ1) is 12.0. The predicted octanol–water partition coefficient (Wildman–Crippen LogP) is 0.926. The van der Waals surface area contributed by atoms with E-state index in [2.05, 4.69) is 10.1 Å². The number of carboxylic acid groups (broad SMARTS) is 1. The average molecular weight is 225 g/mol. The van der Waals surface area contributed by atoms with E-state index in [0.717, 1.165) is 0 Å². The molecule has 16 heavy (non-hydrogen) atoms. The Balaban J connectivity index is 2.63. The average Bonchev–Trinajstić information content (AvgIpc) is 2.26. The van der Waals surface area contributed by atoms with Gasteiger partial charge in [-0.15, -0.1) is 0 Å². The molecule has 0 heterocycles. The summed E-state index contributed by atoms with van der Waals surface area (Å²) in [7, 11) is 0. The minimum absolute atomic E-state index is 0.0694. The minimum atomic E-state index is -1.08. The highest BCUT2D eigenvalue weighted by Gasteiger charge is 2.06. The highest BCUT2D eigenvalue weighted by Crippen LogP contribution is 2.10. The molecule has 6 heteroatoms. The summed E-state index contributed by atoms with van der Waals surface area (Å²) in [4.78, 5) is 21.7. The fraction of sp³-hybridized carbons (Fsp3) is 0.200. The third-order valence-electron chi connectivity index (χ3n) is 1.68. The smallest absolute Gasteiger partial charge is 0.411 e. The van der Waals surface area contributed by atoms with Crippen LogP contribution < -0.4 is 5.32 Å². The van der Waals surface area contributed by atoms with Crippen LogP contribution >= 0.6 is 0 Å². The standard InChI is InChI=1S/C10H11NO5/c12-4-5-16-10(15)11-8-3-1-2-7(6-8)9(13)14/h1-3,6,12H,4-5H2,(H,11,15)(H,13,14). The molecule has 1 rings (SSSR count). The van der Waals surface area contributed by atoms with Gasteiger partial charge in [0.25, 0.3) is 0 Å². The summed E-state index contributed by atoms with van der Waals surface area (Å²) in [5.41, 5.74) is 0.391. The zero-order valence-electron chi connectivity index (χ0n) is 8.34. The van der Waals surface area contributed by atoms with Gasteiger partial charge < -0.3 is 14.9 Å². The molecular formula is C10H11NO5.